The molecule has 2 aromatic carbocycles. The third kappa shape index (κ3) is 6.42. The van der Waals surface area contributed by atoms with E-state index in [1.165, 1.54) is 10.2 Å². The number of aromatic amines is 1. The van der Waals surface area contributed by atoms with Crippen LogP contribution in [-0.4, -0.2) is 39.5 Å². The van der Waals surface area contributed by atoms with E-state index in [-0.39, 0.29) is 35.3 Å². The Balaban J connectivity index is 1.90. The second kappa shape index (κ2) is 12.5. The number of nitrogens with one attached hydrogen (secondary N) is 1. The molecular weight excluding hydrogens is 450 g/mol. The lowest BCUT2D eigenvalue weighted by Gasteiger charge is -2.22. The first-order chi connectivity index (χ1) is 17.3. The van der Waals surface area contributed by atoms with E-state index in [1.807, 2.05) is 69.3 Å². The zero-order chi connectivity index (χ0) is 26.2. The molecular formula is C30H39N3O3. The van der Waals surface area contributed by atoms with Gasteiger partial charge in [-0.25, -0.2) is 4.68 Å². The summed E-state index contributed by atoms with van der Waals surface area (Å²) in [6.07, 6.45) is 4.90. The number of benzene rings is 2. The summed E-state index contributed by atoms with van der Waals surface area (Å²) in [6, 6.07) is 15.2. The Kier molecular flexibility index (Phi) is 9.45. The number of carbonyl (C=O) groups excluding carboxylic acids is 2. The van der Waals surface area contributed by atoms with Crippen molar-refractivity contribution in [1.82, 2.24) is 14.7 Å². The fraction of sp³-hybridized carbons (Fsp3) is 0.433. The number of Topliss-reactive ketones (excluding diaryl/α,β-unsaturated/α-hetero) is 1. The molecule has 6 nitrogen and oxygen atoms in total. The number of aryl methyl sites for hydroxylation is 2. The third-order valence-corrected chi connectivity index (χ3v) is 6.49. The summed E-state index contributed by atoms with van der Waals surface area (Å²) < 4.78 is 1.43. The van der Waals surface area contributed by atoms with Crippen LogP contribution in [0, 0.1) is 6.92 Å². The normalized spacial score (nSPS) is 11.2. The average Bonchev–Trinajstić information content (AvgIpc) is 3.23. The van der Waals surface area contributed by atoms with Crippen LogP contribution in [-0.2, 0) is 6.42 Å². The van der Waals surface area contributed by atoms with Gasteiger partial charge < -0.3 is 4.90 Å². The predicted molar refractivity (Wildman–Crippen MR) is 145 cm³/mol. The lowest BCUT2D eigenvalue weighted by molar-refractivity contribution is 0.0706. The summed E-state index contributed by atoms with van der Waals surface area (Å²) in [5, 5.41) is 3.15. The molecule has 0 aliphatic carbocycles. The van der Waals surface area contributed by atoms with Crippen molar-refractivity contribution in [2.24, 2.45) is 0 Å². The zero-order valence-electron chi connectivity index (χ0n) is 22.3. The summed E-state index contributed by atoms with van der Waals surface area (Å²) in [4.78, 5) is 41.9. The van der Waals surface area contributed by atoms with Crippen LogP contribution in [0.4, 0.5) is 0 Å². The van der Waals surface area contributed by atoms with E-state index < -0.39 is 0 Å². The van der Waals surface area contributed by atoms with E-state index in [4.69, 9.17) is 0 Å². The summed E-state index contributed by atoms with van der Waals surface area (Å²) in [5.41, 5.74) is 3.87. The van der Waals surface area contributed by atoms with Gasteiger partial charge in [-0.05, 0) is 61.9 Å². The van der Waals surface area contributed by atoms with E-state index in [9.17, 15) is 14.4 Å². The lowest BCUT2D eigenvalue weighted by Crippen LogP contribution is -2.38. The maximum absolute atomic E-state index is 13.5. The molecule has 0 fully saturated rings. The molecule has 0 atom stereocenters. The first-order valence-electron chi connectivity index (χ1n) is 13.1. The maximum Gasteiger partial charge on any atom is 0.282 e. The number of H-pyrrole nitrogens is 1. The molecule has 1 aromatic heterocycles. The van der Waals surface area contributed by atoms with E-state index in [0.29, 0.717) is 23.5 Å². The first-order valence-corrected chi connectivity index (χ1v) is 13.1. The molecule has 3 rings (SSSR count). The number of unbranched alkanes of at least 4 members (excludes halogenated alkanes) is 2. The summed E-state index contributed by atoms with van der Waals surface area (Å²) in [5.74, 6) is -0.576. The van der Waals surface area contributed by atoms with Gasteiger partial charge in [-0.15, -0.1) is 0 Å². The second-order valence-corrected chi connectivity index (χ2v) is 9.84. The van der Waals surface area contributed by atoms with Gasteiger partial charge in [0.15, 0.2) is 5.78 Å². The molecule has 3 aromatic rings. The minimum Gasteiger partial charge on any atom is -0.331 e. The van der Waals surface area contributed by atoms with Crippen molar-refractivity contribution in [2.45, 2.75) is 72.6 Å². The largest absolute Gasteiger partial charge is 0.331 e. The Bertz CT molecular complexity index is 1220. The molecule has 36 heavy (non-hydrogen) atoms. The molecule has 192 valence electrons. The molecule has 0 spiro atoms. The molecule has 0 unspecified atom stereocenters. The predicted octanol–water partition coefficient (Wildman–Crippen LogP) is 6.07. The number of hydrogen-bond donors (Lipinski definition) is 1. The standard InChI is InChI=1S/C30H39N3O3/c1-6-8-10-23-13-15-24(16-14-23)29(35)32(19-9-7-2)20-26(34)27-28(21(3)4)31-33(30(27)36)25-17-11-22(5)12-18-25/h11-18,21,31H,6-10,19-20H2,1-5H3. The molecule has 0 radical (unpaired) electrons. The molecule has 0 saturated heterocycles. The average molecular weight is 490 g/mol. The number of aromatic nitrogens is 2. The number of nitrogens with zero attached hydrogens (tertiary/aromatic N) is 2. The Morgan fingerprint density at radius 3 is 2.17 bits per heavy atom. The number of hydrogen-bond acceptors (Lipinski definition) is 3. The van der Waals surface area contributed by atoms with Gasteiger partial charge >= 0.3 is 0 Å². The van der Waals surface area contributed by atoms with Gasteiger partial charge in [-0.2, -0.15) is 0 Å². The highest BCUT2D eigenvalue weighted by Gasteiger charge is 2.27. The third-order valence-electron chi connectivity index (χ3n) is 6.49. The van der Waals surface area contributed by atoms with Gasteiger partial charge in [0.05, 0.1) is 17.9 Å². The topological polar surface area (TPSA) is 75.2 Å². The molecule has 6 heteroatoms. The Labute approximate surface area is 214 Å². The second-order valence-electron chi connectivity index (χ2n) is 9.84. The lowest BCUT2D eigenvalue weighted by atomic mass is 10.0. The van der Waals surface area contributed by atoms with Crippen LogP contribution in [0.25, 0.3) is 5.69 Å². The van der Waals surface area contributed by atoms with Crippen LogP contribution < -0.4 is 5.56 Å². The van der Waals surface area contributed by atoms with Crippen molar-refractivity contribution < 1.29 is 9.59 Å². The van der Waals surface area contributed by atoms with Gasteiger partial charge in [0, 0.05) is 12.1 Å². The molecule has 0 aliphatic heterocycles. The van der Waals surface area contributed by atoms with Gasteiger partial charge in [-0.1, -0.05) is 70.4 Å². The Morgan fingerprint density at radius 2 is 1.58 bits per heavy atom. The number of carbonyl (C=O) groups is 2. The van der Waals surface area contributed by atoms with Crippen molar-refractivity contribution in [3.05, 3.63) is 86.8 Å². The first kappa shape index (κ1) is 27.2. The number of amides is 1. The molecule has 1 heterocycles. The zero-order valence-corrected chi connectivity index (χ0v) is 22.3. The number of ketones is 1. The Hall–Kier alpha value is -3.41. The van der Waals surface area contributed by atoms with Gasteiger partial charge in [-0.3, -0.25) is 19.5 Å². The quantitative estimate of drug-likeness (QED) is 0.314. The fourth-order valence-corrected chi connectivity index (χ4v) is 4.25. The number of rotatable bonds is 12. The molecule has 0 aliphatic rings. The van der Waals surface area contributed by atoms with Crippen molar-refractivity contribution in [1.29, 1.82) is 0 Å². The monoisotopic (exact) mass is 489 g/mol. The van der Waals surface area contributed by atoms with Crippen LogP contribution in [0.1, 0.15) is 96.8 Å². The minimum atomic E-state index is -0.379. The summed E-state index contributed by atoms with van der Waals surface area (Å²) in [7, 11) is 0. The van der Waals surface area contributed by atoms with Crippen LogP contribution in [0.2, 0.25) is 0 Å². The van der Waals surface area contributed by atoms with Gasteiger partial charge in [0.2, 0.25) is 0 Å². The smallest absolute Gasteiger partial charge is 0.282 e. The van der Waals surface area contributed by atoms with Crippen LogP contribution >= 0.6 is 0 Å². The maximum atomic E-state index is 13.5. The minimum absolute atomic E-state index is 0.0567. The van der Waals surface area contributed by atoms with E-state index >= 15 is 0 Å². The molecule has 0 bridgehead atoms. The highest BCUT2D eigenvalue weighted by Crippen LogP contribution is 2.19. The van der Waals surface area contributed by atoms with E-state index in [0.717, 1.165) is 37.7 Å². The SMILES string of the molecule is CCCCc1ccc(C(=O)N(CCCC)CC(=O)c2c(C(C)C)[nH]n(-c3ccc(C)cc3)c2=O)cc1. The molecule has 1 N–H and O–H groups in total. The van der Waals surface area contributed by atoms with E-state index in [1.54, 1.807) is 4.90 Å². The van der Waals surface area contributed by atoms with Crippen molar-refractivity contribution in [3.8, 4) is 5.69 Å². The molecule has 0 saturated carbocycles. The highest BCUT2D eigenvalue weighted by atomic mass is 16.2. The van der Waals surface area contributed by atoms with Crippen molar-refractivity contribution in [3.63, 3.8) is 0 Å². The highest BCUT2D eigenvalue weighted by molar-refractivity contribution is 6.02. The van der Waals surface area contributed by atoms with Crippen LogP contribution in [0.3, 0.4) is 0 Å². The molecule has 1 amide bonds. The fourth-order valence-electron chi connectivity index (χ4n) is 4.25. The van der Waals surface area contributed by atoms with Gasteiger partial charge in [0.25, 0.3) is 11.5 Å². The van der Waals surface area contributed by atoms with Gasteiger partial charge in [0.1, 0.15) is 5.56 Å². The van der Waals surface area contributed by atoms with Crippen LogP contribution in [0.5, 0.6) is 0 Å². The van der Waals surface area contributed by atoms with Crippen molar-refractivity contribution in [2.75, 3.05) is 13.1 Å². The Morgan fingerprint density at radius 1 is 0.944 bits per heavy atom. The summed E-state index contributed by atoms with van der Waals surface area (Å²) in [6.45, 7) is 10.4. The van der Waals surface area contributed by atoms with Crippen LogP contribution in [0.15, 0.2) is 53.3 Å². The van der Waals surface area contributed by atoms with Crippen molar-refractivity contribution >= 4 is 11.7 Å². The summed E-state index contributed by atoms with van der Waals surface area (Å²) >= 11 is 0. The van der Waals surface area contributed by atoms with E-state index in [2.05, 4.69) is 18.9 Å².